The van der Waals surface area contributed by atoms with E-state index >= 15 is 0 Å². The molecule has 0 aliphatic heterocycles. The van der Waals surface area contributed by atoms with Crippen molar-refractivity contribution in [2.45, 2.75) is 32.5 Å². The lowest BCUT2D eigenvalue weighted by molar-refractivity contribution is -0.0208. The zero-order chi connectivity index (χ0) is 12.1. The van der Waals surface area contributed by atoms with Crippen LogP contribution >= 0.6 is 27.5 Å². The number of aliphatic hydroxyl groups is 1. The van der Waals surface area contributed by atoms with Gasteiger partial charge in [0, 0.05) is 22.5 Å². The van der Waals surface area contributed by atoms with Gasteiger partial charge in [0.1, 0.15) is 0 Å². The molecule has 0 aromatic heterocycles. The van der Waals surface area contributed by atoms with Gasteiger partial charge in [0.25, 0.3) is 0 Å². The lowest BCUT2D eigenvalue weighted by Gasteiger charge is -2.19. The highest BCUT2D eigenvalue weighted by Gasteiger charge is 2.16. The highest BCUT2D eigenvalue weighted by molar-refractivity contribution is 9.10. The van der Waals surface area contributed by atoms with E-state index in [0.717, 1.165) is 10.0 Å². The Hall–Kier alpha value is -0.0900. The van der Waals surface area contributed by atoms with E-state index in [1.54, 1.807) is 0 Å². The van der Waals surface area contributed by atoms with Gasteiger partial charge in [0.2, 0.25) is 0 Å². The molecule has 0 fully saturated rings. The van der Waals surface area contributed by atoms with E-state index in [4.69, 9.17) is 16.3 Å². The summed E-state index contributed by atoms with van der Waals surface area (Å²) in [5.74, 6) is 0. The van der Waals surface area contributed by atoms with Crippen LogP contribution in [0.2, 0.25) is 5.02 Å². The molecule has 2 unspecified atom stereocenters. The molecule has 16 heavy (non-hydrogen) atoms. The molecule has 1 rings (SSSR count). The van der Waals surface area contributed by atoms with Crippen LogP contribution in [-0.2, 0) is 11.2 Å². The Labute approximate surface area is 110 Å². The zero-order valence-electron chi connectivity index (χ0n) is 9.41. The monoisotopic (exact) mass is 306 g/mol. The highest BCUT2D eigenvalue weighted by atomic mass is 79.9. The van der Waals surface area contributed by atoms with Crippen LogP contribution in [0.3, 0.4) is 0 Å². The highest BCUT2D eigenvalue weighted by Crippen LogP contribution is 2.23. The average Bonchev–Trinajstić information content (AvgIpc) is 2.22. The molecule has 4 heteroatoms. The Balaban J connectivity index is 2.65. The summed E-state index contributed by atoms with van der Waals surface area (Å²) in [5.41, 5.74) is 0.934. The summed E-state index contributed by atoms with van der Waals surface area (Å²) in [7, 11) is 0. The number of hydrogen-bond acceptors (Lipinski definition) is 2. The van der Waals surface area contributed by atoms with Crippen molar-refractivity contribution < 1.29 is 9.84 Å². The first-order valence-corrected chi connectivity index (χ1v) is 6.45. The van der Waals surface area contributed by atoms with E-state index in [1.165, 1.54) is 0 Å². The smallest absolute Gasteiger partial charge is 0.0839 e. The Bertz CT molecular complexity index is 344. The maximum absolute atomic E-state index is 9.90. The van der Waals surface area contributed by atoms with Crippen LogP contribution in [0, 0.1) is 0 Å². The predicted molar refractivity (Wildman–Crippen MR) is 70.0 cm³/mol. The van der Waals surface area contributed by atoms with Gasteiger partial charge in [-0.1, -0.05) is 33.6 Å². The van der Waals surface area contributed by atoms with Crippen LogP contribution in [0.4, 0.5) is 0 Å². The van der Waals surface area contributed by atoms with Crippen molar-refractivity contribution >= 4 is 27.5 Å². The van der Waals surface area contributed by atoms with Gasteiger partial charge < -0.3 is 9.84 Å². The Morgan fingerprint density at radius 2 is 2.19 bits per heavy atom. The molecule has 1 N–H and O–H groups in total. The molecule has 1 aromatic carbocycles. The number of hydrogen-bond donors (Lipinski definition) is 1. The van der Waals surface area contributed by atoms with Gasteiger partial charge in [-0.3, -0.25) is 0 Å². The molecular formula is C12H16BrClO2. The van der Waals surface area contributed by atoms with Crippen molar-refractivity contribution in [1.29, 1.82) is 0 Å². The topological polar surface area (TPSA) is 29.5 Å². The van der Waals surface area contributed by atoms with E-state index in [9.17, 15) is 5.11 Å². The van der Waals surface area contributed by atoms with Crippen LogP contribution in [0.25, 0.3) is 0 Å². The summed E-state index contributed by atoms with van der Waals surface area (Å²) < 4.78 is 6.28. The average molecular weight is 308 g/mol. The Morgan fingerprint density at radius 3 is 2.75 bits per heavy atom. The SMILES string of the molecule is CCOC(C)C(O)Cc1ccc(Br)cc1Cl. The van der Waals surface area contributed by atoms with Gasteiger partial charge in [0.15, 0.2) is 0 Å². The van der Waals surface area contributed by atoms with Gasteiger partial charge in [0.05, 0.1) is 12.2 Å². The molecule has 0 bridgehead atoms. The van der Waals surface area contributed by atoms with E-state index < -0.39 is 6.10 Å². The van der Waals surface area contributed by atoms with Crippen LogP contribution in [-0.4, -0.2) is 23.9 Å². The molecule has 1 aromatic rings. The second-order valence-electron chi connectivity index (χ2n) is 3.67. The molecule has 0 aliphatic carbocycles. The number of ether oxygens (including phenoxy) is 1. The molecule has 0 heterocycles. The number of aliphatic hydroxyl groups excluding tert-OH is 1. The summed E-state index contributed by atoms with van der Waals surface area (Å²) in [6.07, 6.45) is -0.198. The van der Waals surface area contributed by atoms with Crippen molar-refractivity contribution in [3.8, 4) is 0 Å². The summed E-state index contributed by atoms with van der Waals surface area (Å²) in [6, 6.07) is 5.66. The second-order valence-corrected chi connectivity index (χ2v) is 4.99. The van der Waals surface area contributed by atoms with Gasteiger partial charge in [-0.15, -0.1) is 0 Å². The molecule has 0 saturated heterocycles. The molecule has 2 nitrogen and oxygen atoms in total. The normalized spacial score (nSPS) is 14.8. The van der Waals surface area contributed by atoms with Crippen LogP contribution in [0.5, 0.6) is 0 Å². The minimum absolute atomic E-state index is 0.176. The van der Waals surface area contributed by atoms with Crippen molar-refractivity contribution in [3.05, 3.63) is 33.3 Å². The second kappa shape index (κ2) is 6.60. The minimum atomic E-state index is -0.529. The quantitative estimate of drug-likeness (QED) is 0.903. The van der Waals surface area contributed by atoms with E-state index in [2.05, 4.69) is 15.9 Å². The lowest BCUT2D eigenvalue weighted by Crippen LogP contribution is -2.28. The molecule has 0 amide bonds. The van der Waals surface area contributed by atoms with Crippen LogP contribution in [0.1, 0.15) is 19.4 Å². The van der Waals surface area contributed by atoms with Gasteiger partial charge >= 0.3 is 0 Å². The summed E-state index contributed by atoms with van der Waals surface area (Å²) in [4.78, 5) is 0. The Morgan fingerprint density at radius 1 is 1.50 bits per heavy atom. The third kappa shape index (κ3) is 4.06. The maximum Gasteiger partial charge on any atom is 0.0839 e. The summed E-state index contributed by atoms with van der Waals surface area (Å²) in [5, 5.41) is 10.6. The van der Waals surface area contributed by atoms with Crippen molar-refractivity contribution in [2.75, 3.05) is 6.61 Å². The predicted octanol–water partition coefficient (Wildman–Crippen LogP) is 3.43. The number of benzene rings is 1. The zero-order valence-corrected chi connectivity index (χ0v) is 11.8. The first kappa shape index (κ1) is 14.0. The van der Waals surface area contributed by atoms with Gasteiger partial charge in [-0.05, 0) is 31.5 Å². The van der Waals surface area contributed by atoms with E-state index in [0.29, 0.717) is 18.1 Å². The van der Waals surface area contributed by atoms with Crippen LogP contribution < -0.4 is 0 Å². The molecule has 0 aliphatic rings. The third-order valence-corrected chi connectivity index (χ3v) is 3.26. The molecular weight excluding hydrogens is 291 g/mol. The van der Waals surface area contributed by atoms with E-state index in [1.807, 2.05) is 32.0 Å². The number of halogens is 2. The molecule has 90 valence electrons. The Kier molecular flexibility index (Phi) is 5.76. The number of rotatable bonds is 5. The third-order valence-electron chi connectivity index (χ3n) is 2.42. The minimum Gasteiger partial charge on any atom is -0.390 e. The van der Waals surface area contributed by atoms with E-state index in [-0.39, 0.29) is 6.10 Å². The molecule has 2 atom stereocenters. The molecule has 0 spiro atoms. The van der Waals surface area contributed by atoms with Crippen molar-refractivity contribution in [2.24, 2.45) is 0 Å². The fourth-order valence-corrected chi connectivity index (χ4v) is 2.20. The molecule has 0 radical (unpaired) electrons. The van der Waals surface area contributed by atoms with Crippen molar-refractivity contribution in [3.63, 3.8) is 0 Å². The maximum atomic E-state index is 9.90. The van der Waals surface area contributed by atoms with Gasteiger partial charge in [-0.25, -0.2) is 0 Å². The first-order chi connectivity index (χ1) is 7.54. The lowest BCUT2D eigenvalue weighted by atomic mass is 10.0. The van der Waals surface area contributed by atoms with Gasteiger partial charge in [-0.2, -0.15) is 0 Å². The molecule has 0 saturated carbocycles. The first-order valence-electron chi connectivity index (χ1n) is 5.28. The van der Waals surface area contributed by atoms with Crippen molar-refractivity contribution in [1.82, 2.24) is 0 Å². The fraction of sp³-hybridized carbons (Fsp3) is 0.500. The van der Waals surface area contributed by atoms with Crippen LogP contribution in [0.15, 0.2) is 22.7 Å². The summed E-state index contributed by atoms with van der Waals surface area (Å²) in [6.45, 7) is 4.38. The summed E-state index contributed by atoms with van der Waals surface area (Å²) >= 11 is 9.42. The standard InChI is InChI=1S/C12H16BrClO2/c1-3-16-8(2)12(15)6-9-4-5-10(13)7-11(9)14/h4-5,7-8,12,15H,3,6H2,1-2H3. The fourth-order valence-electron chi connectivity index (χ4n) is 1.45. The largest absolute Gasteiger partial charge is 0.390 e.